The highest BCUT2D eigenvalue weighted by atomic mass is 16.3. The van der Waals surface area contributed by atoms with Crippen LogP contribution in [0.3, 0.4) is 0 Å². The van der Waals surface area contributed by atoms with Gasteiger partial charge in [-0.05, 0) is 61.5 Å². The molecule has 0 saturated carbocycles. The molecule has 0 amide bonds. The van der Waals surface area contributed by atoms with Crippen LogP contribution in [-0.2, 0) is 6.54 Å². The van der Waals surface area contributed by atoms with Crippen LogP contribution >= 0.6 is 0 Å². The molecule has 1 aliphatic heterocycles. The summed E-state index contributed by atoms with van der Waals surface area (Å²) in [5.74, 6) is 0.390. The highest BCUT2D eigenvalue weighted by molar-refractivity contribution is 5.20. The first-order chi connectivity index (χ1) is 12.3. The first kappa shape index (κ1) is 18.1. The molecular formula is C21H29N3O. The maximum absolute atomic E-state index is 9.37. The van der Waals surface area contributed by atoms with E-state index in [1.54, 1.807) is 0 Å². The Morgan fingerprint density at radius 1 is 1.08 bits per heavy atom. The Bertz CT molecular complexity index is 597. The molecule has 0 radical (unpaired) electrons. The SMILES string of the molecule is OCCC(CNC1CCN(Cc2ccncc2)CC1)c1ccccc1. The fraction of sp³-hybridized carbons (Fsp3) is 0.476. The number of nitrogens with one attached hydrogen (secondary N) is 1. The number of likely N-dealkylation sites (tertiary alicyclic amines) is 1. The van der Waals surface area contributed by atoms with Gasteiger partial charge in [-0.1, -0.05) is 30.3 Å². The number of aliphatic hydroxyl groups is 1. The third-order valence-electron chi connectivity index (χ3n) is 5.14. The lowest BCUT2D eigenvalue weighted by molar-refractivity contribution is 0.188. The standard InChI is InChI=1S/C21H29N3O/c25-15-10-20(19-4-2-1-3-5-19)16-23-21-8-13-24(14-9-21)17-18-6-11-22-12-7-18/h1-7,11-12,20-21,23,25H,8-10,13-17H2. The second-order valence-corrected chi connectivity index (χ2v) is 6.93. The Balaban J connectivity index is 1.43. The summed E-state index contributed by atoms with van der Waals surface area (Å²) in [6, 6.07) is 15.3. The third-order valence-corrected chi connectivity index (χ3v) is 5.14. The van der Waals surface area contributed by atoms with Crippen molar-refractivity contribution in [3.8, 4) is 0 Å². The highest BCUT2D eigenvalue weighted by Crippen LogP contribution is 2.20. The number of aliphatic hydroxyl groups excluding tert-OH is 1. The minimum Gasteiger partial charge on any atom is -0.396 e. The number of aromatic nitrogens is 1. The predicted octanol–water partition coefficient (Wildman–Crippen LogP) is 2.80. The van der Waals surface area contributed by atoms with Crippen LogP contribution in [-0.4, -0.2) is 47.3 Å². The van der Waals surface area contributed by atoms with Gasteiger partial charge in [-0.3, -0.25) is 9.88 Å². The molecule has 0 bridgehead atoms. The Morgan fingerprint density at radius 3 is 2.48 bits per heavy atom. The van der Waals surface area contributed by atoms with Gasteiger partial charge in [-0.2, -0.15) is 0 Å². The molecule has 1 aromatic carbocycles. The highest BCUT2D eigenvalue weighted by Gasteiger charge is 2.20. The molecule has 25 heavy (non-hydrogen) atoms. The van der Waals surface area contributed by atoms with Gasteiger partial charge in [0.05, 0.1) is 0 Å². The molecule has 1 aromatic heterocycles. The van der Waals surface area contributed by atoms with Crippen LogP contribution in [0.4, 0.5) is 0 Å². The maximum Gasteiger partial charge on any atom is 0.0437 e. The van der Waals surface area contributed by atoms with E-state index >= 15 is 0 Å². The van der Waals surface area contributed by atoms with Crippen LogP contribution in [0.1, 0.15) is 36.3 Å². The first-order valence-electron chi connectivity index (χ1n) is 9.35. The van der Waals surface area contributed by atoms with Crippen molar-refractivity contribution < 1.29 is 5.11 Å². The first-order valence-corrected chi connectivity index (χ1v) is 9.35. The molecule has 1 unspecified atom stereocenters. The summed E-state index contributed by atoms with van der Waals surface area (Å²) < 4.78 is 0. The van der Waals surface area contributed by atoms with Crippen molar-refractivity contribution in [3.63, 3.8) is 0 Å². The van der Waals surface area contributed by atoms with E-state index in [4.69, 9.17) is 0 Å². The van der Waals surface area contributed by atoms with Gasteiger partial charge in [0.15, 0.2) is 0 Å². The summed E-state index contributed by atoms with van der Waals surface area (Å²) in [6.45, 7) is 4.48. The summed E-state index contributed by atoms with van der Waals surface area (Å²) in [5.41, 5.74) is 2.66. The fourth-order valence-electron chi connectivity index (χ4n) is 3.62. The molecule has 2 aromatic rings. The van der Waals surface area contributed by atoms with Crippen molar-refractivity contribution >= 4 is 0 Å². The quantitative estimate of drug-likeness (QED) is 0.776. The second kappa shape index (κ2) is 9.66. The van der Waals surface area contributed by atoms with Crippen molar-refractivity contribution in [1.82, 2.24) is 15.2 Å². The van der Waals surface area contributed by atoms with Gasteiger partial charge in [0.1, 0.15) is 0 Å². The monoisotopic (exact) mass is 339 g/mol. The molecule has 0 aliphatic carbocycles. The Hall–Kier alpha value is -1.75. The van der Waals surface area contributed by atoms with Gasteiger partial charge in [-0.25, -0.2) is 0 Å². The molecule has 1 fully saturated rings. The normalized spacial score (nSPS) is 17.5. The van der Waals surface area contributed by atoms with Crippen LogP contribution < -0.4 is 5.32 Å². The van der Waals surface area contributed by atoms with Gasteiger partial charge in [-0.15, -0.1) is 0 Å². The minimum absolute atomic E-state index is 0.242. The summed E-state index contributed by atoms with van der Waals surface area (Å²) in [4.78, 5) is 6.61. The van der Waals surface area contributed by atoms with E-state index in [2.05, 4.69) is 51.6 Å². The summed E-state index contributed by atoms with van der Waals surface area (Å²) >= 11 is 0. The Kier molecular flexibility index (Phi) is 6.98. The average Bonchev–Trinajstić information content (AvgIpc) is 2.68. The maximum atomic E-state index is 9.37. The summed E-state index contributed by atoms with van der Waals surface area (Å²) in [5, 5.41) is 13.1. The van der Waals surface area contributed by atoms with Crippen LogP contribution in [0.25, 0.3) is 0 Å². The number of nitrogens with zero attached hydrogens (tertiary/aromatic N) is 2. The van der Waals surface area contributed by atoms with Crippen LogP contribution in [0, 0.1) is 0 Å². The molecule has 1 aliphatic rings. The van der Waals surface area contributed by atoms with E-state index in [-0.39, 0.29) is 6.61 Å². The molecule has 1 atom stereocenters. The summed E-state index contributed by atoms with van der Waals surface area (Å²) in [7, 11) is 0. The zero-order valence-corrected chi connectivity index (χ0v) is 14.8. The lowest BCUT2D eigenvalue weighted by Crippen LogP contribution is -2.43. The van der Waals surface area contributed by atoms with Gasteiger partial charge >= 0.3 is 0 Å². The number of piperidine rings is 1. The van der Waals surface area contributed by atoms with Gasteiger partial charge < -0.3 is 10.4 Å². The molecule has 2 heterocycles. The van der Waals surface area contributed by atoms with E-state index in [0.717, 1.165) is 32.6 Å². The molecule has 4 heteroatoms. The third kappa shape index (κ3) is 5.63. The van der Waals surface area contributed by atoms with Gasteiger partial charge in [0.2, 0.25) is 0 Å². The molecule has 1 saturated heterocycles. The van der Waals surface area contributed by atoms with E-state index in [9.17, 15) is 5.11 Å². The molecule has 0 spiro atoms. The number of rotatable bonds is 8. The van der Waals surface area contributed by atoms with Crippen molar-refractivity contribution in [1.29, 1.82) is 0 Å². The number of benzene rings is 1. The summed E-state index contributed by atoms with van der Waals surface area (Å²) in [6.07, 6.45) is 6.93. The van der Waals surface area contributed by atoms with Gasteiger partial charge in [0, 0.05) is 38.1 Å². The fourth-order valence-corrected chi connectivity index (χ4v) is 3.62. The van der Waals surface area contributed by atoms with Gasteiger partial charge in [0.25, 0.3) is 0 Å². The Labute approximate surface area is 150 Å². The average molecular weight is 339 g/mol. The van der Waals surface area contributed by atoms with E-state index in [1.807, 2.05) is 18.5 Å². The zero-order chi connectivity index (χ0) is 17.3. The minimum atomic E-state index is 0.242. The lowest BCUT2D eigenvalue weighted by atomic mass is 9.95. The molecule has 4 nitrogen and oxygen atoms in total. The van der Waals surface area contributed by atoms with Crippen molar-refractivity contribution in [2.45, 2.75) is 37.8 Å². The van der Waals surface area contributed by atoms with E-state index < -0.39 is 0 Å². The topological polar surface area (TPSA) is 48.4 Å². The smallest absolute Gasteiger partial charge is 0.0437 e. The van der Waals surface area contributed by atoms with Crippen LogP contribution in [0.5, 0.6) is 0 Å². The lowest BCUT2D eigenvalue weighted by Gasteiger charge is -2.33. The van der Waals surface area contributed by atoms with Crippen molar-refractivity contribution in [2.24, 2.45) is 0 Å². The van der Waals surface area contributed by atoms with Crippen molar-refractivity contribution in [3.05, 3.63) is 66.0 Å². The van der Waals surface area contributed by atoms with Crippen LogP contribution in [0.2, 0.25) is 0 Å². The van der Waals surface area contributed by atoms with E-state index in [0.29, 0.717) is 12.0 Å². The zero-order valence-electron chi connectivity index (χ0n) is 14.8. The molecular weight excluding hydrogens is 310 g/mol. The Morgan fingerprint density at radius 2 is 1.80 bits per heavy atom. The molecule has 2 N–H and O–H groups in total. The van der Waals surface area contributed by atoms with E-state index in [1.165, 1.54) is 24.0 Å². The van der Waals surface area contributed by atoms with Crippen LogP contribution in [0.15, 0.2) is 54.9 Å². The largest absolute Gasteiger partial charge is 0.396 e. The predicted molar refractivity (Wildman–Crippen MR) is 101 cm³/mol. The number of hydrogen-bond acceptors (Lipinski definition) is 4. The molecule has 3 rings (SSSR count). The van der Waals surface area contributed by atoms with Crippen molar-refractivity contribution in [2.75, 3.05) is 26.2 Å². The second-order valence-electron chi connectivity index (χ2n) is 6.93. The molecule has 134 valence electrons. The number of pyridine rings is 1. The number of hydrogen-bond donors (Lipinski definition) is 2.